The standard InChI is InChI=1S/C16H21N3O4/c1-22-13(20)11-3-2-8-18-12(11)16(4-5-16)19-14(21)15(17)6-9-23-10-7-15/h2-3,8H,4-7,9-10,17H2,1H3,(H,19,21). The van der Waals surface area contributed by atoms with Crippen LogP contribution in [0.2, 0.25) is 0 Å². The summed E-state index contributed by atoms with van der Waals surface area (Å²) in [4.78, 5) is 28.9. The number of hydrogen-bond donors (Lipinski definition) is 2. The van der Waals surface area contributed by atoms with E-state index in [0.717, 1.165) is 12.8 Å². The van der Waals surface area contributed by atoms with Crippen LogP contribution in [-0.2, 0) is 19.8 Å². The van der Waals surface area contributed by atoms with Crippen molar-refractivity contribution in [2.45, 2.75) is 36.8 Å². The van der Waals surface area contributed by atoms with Crippen LogP contribution in [0.5, 0.6) is 0 Å². The van der Waals surface area contributed by atoms with Crippen molar-refractivity contribution < 1.29 is 19.1 Å². The molecule has 0 aromatic carbocycles. The summed E-state index contributed by atoms with van der Waals surface area (Å²) in [5, 5.41) is 3.02. The Morgan fingerprint density at radius 2 is 2.00 bits per heavy atom. The number of rotatable bonds is 4. The molecule has 2 aliphatic rings. The quantitative estimate of drug-likeness (QED) is 0.783. The molecule has 1 saturated heterocycles. The first-order chi connectivity index (χ1) is 11.0. The Hall–Kier alpha value is -1.99. The topological polar surface area (TPSA) is 104 Å². The second kappa shape index (κ2) is 5.90. The van der Waals surface area contributed by atoms with Crippen LogP contribution < -0.4 is 11.1 Å². The monoisotopic (exact) mass is 319 g/mol. The van der Waals surface area contributed by atoms with E-state index >= 15 is 0 Å². The zero-order chi connectivity index (χ0) is 16.5. The molecule has 1 aromatic heterocycles. The van der Waals surface area contributed by atoms with Crippen LogP contribution >= 0.6 is 0 Å². The summed E-state index contributed by atoms with van der Waals surface area (Å²) in [6.07, 6.45) is 4.04. The molecule has 2 fully saturated rings. The number of pyridine rings is 1. The van der Waals surface area contributed by atoms with Crippen molar-refractivity contribution in [1.82, 2.24) is 10.3 Å². The van der Waals surface area contributed by atoms with E-state index in [-0.39, 0.29) is 5.91 Å². The van der Waals surface area contributed by atoms with Crippen molar-refractivity contribution in [3.63, 3.8) is 0 Å². The lowest BCUT2D eigenvalue weighted by Gasteiger charge is -2.33. The molecule has 1 saturated carbocycles. The molecule has 23 heavy (non-hydrogen) atoms. The Labute approximate surface area is 134 Å². The lowest BCUT2D eigenvalue weighted by Crippen LogP contribution is -2.59. The van der Waals surface area contributed by atoms with Gasteiger partial charge in [-0.3, -0.25) is 9.78 Å². The van der Waals surface area contributed by atoms with Crippen molar-refractivity contribution in [3.05, 3.63) is 29.6 Å². The van der Waals surface area contributed by atoms with Crippen LogP contribution in [0.25, 0.3) is 0 Å². The van der Waals surface area contributed by atoms with E-state index in [1.807, 2.05) is 0 Å². The van der Waals surface area contributed by atoms with Gasteiger partial charge in [0.2, 0.25) is 5.91 Å². The predicted molar refractivity (Wildman–Crippen MR) is 81.6 cm³/mol. The first kappa shape index (κ1) is 15.9. The molecule has 7 heteroatoms. The molecular formula is C16H21N3O4. The molecule has 124 valence electrons. The maximum atomic E-state index is 12.7. The Morgan fingerprint density at radius 1 is 1.30 bits per heavy atom. The van der Waals surface area contributed by atoms with Gasteiger partial charge in [-0.2, -0.15) is 0 Å². The van der Waals surface area contributed by atoms with Gasteiger partial charge in [-0.15, -0.1) is 0 Å². The van der Waals surface area contributed by atoms with Gasteiger partial charge in [-0.1, -0.05) is 0 Å². The first-order valence-electron chi connectivity index (χ1n) is 7.74. The van der Waals surface area contributed by atoms with Crippen LogP contribution in [0.1, 0.15) is 41.7 Å². The van der Waals surface area contributed by atoms with E-state index in [9.17, 15) is 9.59 Å². The van der Waals surface area contributed by atoms with Crippen LogP contribution in [0.4, 0.5) is 0 Å². The van der Waals surface area contributed by atoms with Crippen molar-refractivity contribution in [1.29, 1.82) is 0 Å². The highest BCUT2D eigenvalue weighted by molar-refractivity contribution is 5.92. The molecule has 2 heterocycles. The molecule has 1 amide bonds. The number of nitrogens with one attached hydrogen (secondary N) is 1. The van der Waals surface area contributed by atoms with E-state index < -0.39 is 17.0 Å². The smallest absolute Gasteiger partial charge is 0.339 e. The third-order valence-corrected chi connectivity index (χ3v) is 4.61. The summed E-state index contributed by atoms with van der Waals surface area (Å²) in [6, 6.07) is 3.34. The van der Waals surface area contributed by atoms with Gasteiger partial charge in [0.1, 0.15) is 0 Å². The Kier molecular flexibility index (Phi) is 4.08. The second-order valence-electron chi connectivity index (χ2n) is 6.20. The molecule has 0 bridgehead atoms. The number of aromatic nitrogens is 1. The normalized spacial score (nSPS) is 21.3. The summed E-state index contributed by atoms with van der Waals surface area (Å²) >= 11 is 0. The number of methoxy groups -OCH3 is 1. The van der Waals surface area contributed by atoms with E-state index in [2.05, 4.69) is 10.3 Å². The van der Waals surface area contributed by atoms with E-state index in [4.69, 9.17) is 15.2 Å². The molecule has 3 rings (SSSR count). The molecule has 1 aromatic rings. The van der Waals surface area contributed by atoms with Crippen molar-refractivity contribution in [2.24, 2.45) is 5.73 Å². The molecule has 0 atom stereocenters. The van der Waals surface area contributed by atoms with Crippen LogP contribution in [0.3, 0.4) is 0 Å². The van der Waals surface area contributed by atoms with Crippen LogP contribution in [0, 0.1) is 0 Å². The number of ether oxygens (including phenoxy) is 2. The molecule has 1 aliphatic heterocycles. The van der Waals surface area contributed by atoms with Gasteiger partial charge in [0.15, 0.2) is 0 Å². The van der Waals surface area contributed by atoms with Crippen LogP contribution in [0.15, 0.2) is 18.3 Å². The number of amides is 1. The zero-order valence-corrected chi connectivity index (χ0v) is 13.1. The van der Waals surface area contributed by atoms with Gasteiger partial charge in [-0.05, 0) is 37.8 Å². The fraction of sp³-hybridized carbons (Fsp3) is 0.562. The number of nitrogens with two attached hydrogens (primary N) is 1. The number of carbonyl (C=O) groups is 2. The summed E-state index contributed by atoms with van der Waals surface area (Å²) in [5.41, 5.74) is 5.63. The largest absolute Gasteiger partial charge is 0.465 e. The fourth-order valence-electron chi connectivity index (χ4n) is 2.91. The Morgan fingerprint density at radius 3 is 2.61 bits per heavy atom. The Bertz CT molecular complexity index is 622. The van der Waals surface area contributed by atoms with Gasteiger partial charge in [0.25, 0.3) is 0 Å². The maximum Gasteiger partial charge on any atom is 0.339 e. The predicted octanol–water partition coefficient (Wildman–Crippen LogP) is 0.481. The third-order valence-electron chi connectivity index (χ3n) is 4.61. The van der Waals surface area contributed by atoms with E-state index in [1.165, 1.54) is 7.11 Å². The highest BCUT2D eigenvalue weighted by Gasteiger charge is 2.51. The molecule has 1 aliphatic carbocycles. The van der Waals surface area contributed by atoms with Gasteiger partial charge in [0, 0.05) is 19.4 Å². The minimum atomic E-state index is -0.923. The average Bonchev–Trinajstić information content (AvgIpc) is 3.35. The highest BCUT2D eigenvalue weighted by atomic mass is 16.5. The molecule has 3 N–H and O–H groups in total. The molecule has 0 unspecified atom stereocenters. The van der Waals surface area contributed by atoms with Crippen LogP contribution in [-0.4, -0.2) is 42.7 Å². The second-order valence-corrected chi connectivity index (χ2v) is 6.20. The summed E-state index contributed by atoms with van der Waals surface area (Å²) < 4.78 is 10.1. The summed E-state index contributed by atoms with van der Waals surface area (Å²) in [6.45, 7) is 0.960. The maximum absolute atomic E-state index is 12.7. The minimum absolute atomic E-state index is 0.209. The summed E-state index contributed by atoms with van der Waals surface area (Å²) in [7, 11) is 1.33. The third kappa shape index (κ3) is 2.94. The lowest BCUT2D eigenvalue weighted by atomic mass is 9.89. The molecule has 0 radical (unpaired) electrons. The average molecular weight is 319 g/mol. The first-order valence-corrected chi connectivity index (χ1v) is 7.74. The highest BCUT2D eigenvalue weighted by Crippen LogP contribution is 2.46. The number of carbonyl (C=O) groups excluding carboxylic acids is 2. The molecule has 7 nitrogen and oxygen atoms in total. The zero-order valence-electron chi connectivity index (χ0n) is 13.1. The fourth-order valence-corrected chi connectivity index (χ4v) is 2.91. The van der Waals surface area contributed by atoms with Crippen molar-refractivity contribution in [2.75, 3.05) is 20.3 Å². The molecular weight excluding hydrogens is 298 g/mol. The number of esters is 1. The van der Waals surface area contributed by atoms with Gasteiger partial charge in [-0.25, -0.2) is 4.79 Å². The van der Waals surface area contributed by atoms with Gasteiger partial charge < -0.3 is 20.5 Å². The Balaban J connectivity index is 1.83. The number of hydrogen-bond acceptors (Lipinski definition) is 6. The van der Waals surface area contributed by atoms with E-state index in [0.29, 0.717) is 37.3 Å². The molecule has 0 spiro atoms. The summed E-state index contributed by atoms with van der Waals surface area (Å²) in [5.74, 6) is -0.665. The van der Waals surface area contributed by atoms with Gasteiger partial charge in [0.05, 0.1) is 29.4 Å². The van der Waals surface area contributed by atoms with E-state index in [1.54, 1.807) is 18.3 Å². The number of nitrogens with zero attached hydrogens (tertiary/aromatic N) is 1. The SMILES string of the molecule is COC(=O)c1cccnc1C1(NC(=O)C2(N)CCOCC2)CC1. The lowest BCUT2D eigenvalue weighted by molar-refractivity contribution is -0.130. The van der Waals surface area contributed by atoms with Crippen molar-refractivity contribution in [3.8, 4) is 0 Å². The van der Waals surface area contributed by atoms with Crippen molar-refractivity contribution >= 4 is 11.9 Å². The van der Waals surface area contributed by atoms with Gasteiger partial charge >= 0.3 is 5.97 Å². The minimum Gasteiger partial charge on any atom is -0.465 e.